The molecule has 4 rings (SSSR count). The van der Waals surface area contributed by atoms with Gasteiger partial charge < -0.3 is 15.4 Å². The number of amides is 2. The first-order valence-electron chi connectivity index (χ1n) is 10.3. The number of hydrogen-bond donors (Lipinski definition) is 3. The third-order valence-corrected chi connectivity index (χ3v) is 5.12. The number of aryl methyl sites for hydroxylation is 1. The number of hydrazine groups is 2. The Bertz CT molecular complexity index is 908. The van der Waals surface area contributed by atoms with Crippen LogP contribution in [0.15, 0.2) is 24.5 Å². The van der Waals surface area contributed by atoms with Crippen molar-refractivity contribution in [2.75, 3.05) is 35.5 Å². The van der Waals surface area contributed by atoms with Crippen LogP contribution in [0.4, 0.5) is 22.1 Å². The van der Waals surface area contributed by atoms with Gasteiger partial charge in [0, 0.05) is 18.8 Å². The Morgan fingerprint density at radius 2 is 2.17 bits per heavy atom. The fraction of sp³-hybridized carbons (Fsp3) is 0.500. The van der Waals surface area contributed by atoms with Gasteiger partial charge in [-0.2, -0.15) is 20.1 Å². The molecule has 1 fully saturated rings. The first-order chi connectivity index (χ1) is 14.5. The molecule has 2 aliphatic rings. The number of nitrogens with one attached hydrogen (secondary N) is 3. The number of carbonyl (C=O) groups excluding carboxylic acids is 1. The largest absolute Gasteiger partial charge is 0.364 e. The van der Waals surface area contributed by atoms with Gasteiger partial charge in [-0.15, -0.1) is 0 Å². The highest BCUT2D eigenvalue weighted by Crippen LogP contribution is 2.30. The fourth-order valence-electron chi connectivity index (χ4n) is 3.53. The highest BCUT2D eigenvalue weighted by molar-refractivity contribution is 5.90. The molecule has 2 aromatic rings. The highest BCUT2D eigenvalue weighted by Gasteiger charge is 2.36. The van der Waals surface area contributed by atoms with Crippen molar-refractivity contribution in [1.82, 2.24) is 25.3 Å². The number of rotatable bonds is 6. The van der Waals surface area contributed by atoms with Crippen LogP contribution in [0.1, 0.15) is 44.2 Å². The van der Waals surface area contributed by atoms with Crippen LogP contribution in [0.25, 0.3) is 0 Å². The number of urea groups is 1. The van der Waals surface area contributed by atoms with Gasteiger partial charge in [0.2, 0.25) is 0 Å². The summed E-state index contributed by atoms with van der Waals surface area (Å²) in [6.07, 6.45) is 3.34. The SMILES string of the molecule is CCCCNC(=O)Nc1ccc(C)c(NN2c3ncnc(n3)C3CN2CC(C)O3)c1. The Morgan fingerprint density at radius 1 is 1.30 bits per heavy atom. The molecule has 2 aliphatic heterocycles. The van der Waals surface area contributed by atoms with E-state index < -0.39 is 0 Å². The lowest BCUT2D eigenvalue weighted by Crippen LogP contribution is -2.54. The first kappa shape index (κ1) is 20.3. The van der Waals surface area contributed by atoms with Crippen molar-refractivity contribution in [3.8, 4) is 0 Å². The monoisotopic (exact) mass is 412 g/mol. The molecule has 1 saturated heterocycles. The maximum absolute atomic E-state index is 12.1. The standard InChI is InChI=1S/C20H28N8O2/c1-4-5-8-21-20(29)24-15-7-6-13(2)16(9-15)26-28-19-23-12-22-18(25-19)17-11-27(28)10-14(3)30-17/h6-7,9,12,14,17,26H,4-5,8,10-11H2,1-3H3,(H2,21,24,29). The van der Waals surface area contributed by atoms with Gasteiger partial charge in [-0.05, 0) is 38.0 Å². The minimum absolute atomic E-state index is 0.0341. The Balaban J connectivity index is 1.54. The number of hydrogen-bond acceptors (Lipinski definition) is 8. The lowest BCUT2D eigenvalue weighted by molar-refractivity contribution is -0.0814. The number of ether oxygens (including phenoxy) is 1. The van der Waals surface area contributed by atoms with E-state index in [1.54, 1.807) is 0 Å². The first-order valence-corrected chi connectivity index (χ1v) is 10.3. The molecule has 3 atom stereocenters. The molecule has 30 heavy (non-hydrogen) atoms. The number of fused-ring (bicyclic) bond motifs is 5. The maximum Gasteiger partial charge on any atom is 0.319 e. The highest BCUT2D eigenvalue weighted by atomic mass is 16.5. The number of morpholine rings is 1. The molecule has 1 aromatic carbocycles. The van der Waals surface area contributed by atoms with Crippen LogP contribution in [-0.4, -0.2) is 51.7 Å². The van der Waals surface area contributed by atoms with Crippen molar-refractivity contribution in [3.63, 3.8) is 0 Å². The van der Waals surface area contributed by atoms with Gasteiger partial charge >= 0.3 is 6.03 Å². The molecule has 10 heteroatoms. The van der Waals surface area contributed by atoms with Crippen LogP contribution in [0.5, 0.6) is 0 Å². The molecule has 0 aliphatic carbocycles. The van der Waals surface area contributed by atoms with Crippen LogP contribution in [-0.2, 0) is 4.74 Å². The van der Waals surface area contributed by atoms with Crippen LogP contribution < -0.4 is 21.2 Å². The van der Waals surface area contributed by atoms with Crippen LogP contribution in [0.2, 0.25) is 0 Å². The van der Waals surface area contributed by atoms with Gasteiger partial charge in [0.05, 0.1) is 18.3 Å². The summed E-state index contributed by atoms with van der Waals surface area (Å²) in [6.45, 7) is 8.12. The van der Waals surface area contributed by atoms with E-state index >= 15 is 0 Å². The molecule has 2 amide bonds. The summed E-state index contributed by atoms with van der Waals surface area (Å²) in [7, 11) is 0. The summed E-state index contributed by atoms with van der Waals surface area (Å²) in [5.41, 5.74) is 6.00. The minimum atomic E-state index is -0.208. The average Bonchev–Trinajstić information content (AvgIpc) is 2.79. The van der Waals surface area contributed by atoms with E-state index in [2.05, 4.69) is 42.9 Å². The molecule has 1 aromatic heterocycles. The lowest BCUT2D eigenvalue weighted by Gasteiger charge is -2.40. The quantitative estimate of drug-likeness (QED) is 0.622. The third kappa shape index (κ3) is 4.44. The van der Waals surface area contributed by atoms with E-state index in [0.29, 0.717) is 37.1 Å². The van der Waals surface area contributed by atoms with Gasteiger partial charge in [-0.25, -0.2) is 9.78 Å². The van der Waals surface area contributed by atoms with Gasteiger partial charge in [0.15, 0.2) is 5.82 Å². The Morgan fingerprint density at radius 3 is 3.00 bits per heavy atom. The number of nitrogens with zero attached hydrogens (tertiary/aromatic N) is 5. The zero-order valence-electron chi connectivity index (χ0n) is 17.6. The van der Waals surface area contributed by atoms with Crippen LogP contribution in [0, 0.1) is 6.92 Å². The van der Waals surface area contributed by atoms with Gasteiger partial charge in [0.25, 0.3) is 5.95 Å². The Hall–Kier alpha value is -2.98. The number of carbonyl (C=O) groups is 1. The van der Waals surface area contributed by atoms with Gasteiger partial charge in [-0.1, -0.05) is 19.4 Å². The Labute approximate surface area is 176 Å². The van der Waals surface area contributed by atoms with E-state index in [0.717, 1.165) is 24.1 Å². The zero-order valence-corrected chi connectivity index (χ0v) is 17.6. The lowest BCUT2D eigenvalue weighted by atomic mass is 10.2. The maximum atomic E-state index is 12.1. The predicted molar refractivity (Wildman–Crippen MR) is 114 cm³/mol. The van der Waals surface area contributed by atoms with E-state index in [-0.39, 0.29) is 18.2 Å². The number of unbranched alkanes of at least 4 members (excludes halogenated alkanes) is 1. The summed E-state index contributed by atoms with van der Waals surface area (Å²) in [4.78, 5) is 25.3. The summed E-state index contributed by atoms with van der Waals surface area (Å²) >= 11 is 0. The second kappa shape index (κ2) is 8.80. The number of aromatic nitrogens is 3. The molecule has 10 nitrogen and oxygen atoms in total. The molecule has 0 radical (unpaired) electrons. The van der Waals surface area contributed by atoms with E-state index in [1.807, 2.05) is 37.2 Å². The van der Waals surface area contributed by atoms with E-state index in [1.165, 1.54) is 6.33 Å². The molecule has 4 bridgehead atoms. The topological polar surface area (TPSA) is 108 Å². The number of benzene rings is 1. The molecule has 160 valence electrons. The van der Waals surface area contributed by atoms with Crippen molar-refractivity contribution < 1.29 is 9.53 Å². The summed E-state index contributed by atoms with van der Waals surface area (Å²) in [5, 5.41) is 9.72. The Kier molecular flexibility index (Phi) is 5.96. The minimum Gasteiger partial charge on any atom is -0.364 e. The van der Waals surface area contributed by atoms with Crippen molar-refractivity contribution in [1.29, 1.82) is 0 Å². The molecular weight excluding hydrogens is 384 g/mol. The molecule has 3 heterocycles. The predicted octanol–water partition coefficient (Wildman–Crippen LogP) is 2.63. The summed E-state index contributed by atoms with van der Waals surface area (Å²) in [5.74, 6) is 1.15. The van der Waals surface area contributed by atoms with Crippen molar-refractivity contribution in [3.05, 3.63) is 35.9 Å². The van der Waals surface area contributed by atoms with Crippen molar-refractivity contribution in [2.45, 2.75) is 45.8 Å². The zero-order chi connectivity index (χ0) is 21.1. The van der Waals surface area contributed by atoms with Crippen LogP contribution >= 0.6 is 0 Å². The second-order valence-electron chi connectivity index (χ2n) is 7.64. The van der Waals surface area contributed by atoms with Crippen LogP contribution in [0.3, 0.4) is 0 Å². The molecule has 0 spiro atoms. The molecule has 3 unspecified atom stereocenters. The summed E-state index contributed by atoms with van der Waals surface area (Å²) in [6, 6.07) is 5.55. The molecular formula is C20H28N8O2. The summed E-state index contributed by atoms with van der Waals surface area (Å²) < 4.78 is 6.00. The average molecular weight is 412 g/mol. The van der Waals surface area contributed by atoms with Gasteiger partial charge in [0.1, 0.15) is 12.4 Å². The number of anilines is 3. The fourth-order valence-corrected chi connectivity index (χ4v) is 3.53. The van der Waals surface area contributed by atoms with Crippen molar-refractivity contribution >= 4 is 23.4 Å². The van der Waals surface area contributed by atoms with Crippen molar-refractivity contribution in [2.24, 2.45) is 0 Å². The smallest absolute Gasteiger partial charge is 0.319 e. The molecule has 0 saturated carbocycles. The normalized spacial score (nSPS) is 22.2. The van der Waals surface area contributed by atoms with E-state index in [4.69, 9.17) is 4.74 Å². The third-order valence-electron chi connectivity index (χ3n) is 5.12. The van der Waals surface area contributed by atoms with Gasteiger partial charge in [-0.3, -0.25) is 5.43 Å². The molecule has 3 N–H and O–H groups in total. The van der Waals surface area contributed by atoms with E-state index in [9.17, 15) is 4.79 Å². The second-order valence-corrected chi connectivity index (χ2v) is 7.64.